The predicted molar refractivity (Wildman–Crippen MR) is 117 cm³/mol. The molecular formula is C24H16N4OZn. The van der Waals surface area contributed by atoms with Crippen LogP contribution in [0.3, 0.4) is 0 Å². The monoisotopic (exact) mass is 440 g/mol. The van der Waals surface area contributed by atoms with Crippen molar-refractivity contribution in [3.8, 4) is 11.3 Å². The molecule has 0 saturated carbocycles. The SMILES string of the molecule is C1=Cc2cc3ccc(cc4cc(-c5ccco5)c(cc5nc(cc1n2)C=C5)[nH]4)[nH]3.[Zn]. The van der Waals surface area contributed by atoms with Crippen LogP contribution in [0.25, 0.3) is 57.7 Å². The Labute approximate surface area is 185 Å². The van der Waals surface area contributed by atoms with Gasteiger partial charge in [0.05, 0.1) is 34.6 Å². The summed E-state index contributed by atoms with van der Waals surface area (Å²) in [6, 6.07) is 18.2. The molecule has 0 spiro atoms. The quantitative estimate of drug-likeness (QED) is 0.311. The number of aromatic amines is 2. The molecule has 2 aliphatic rings. The third-order valence-corrected chi connectivity index (χ3v) is 4.96. The van der Waals surface area contributed by atoms with Gasteiger partial charge < -0.3 is 14.4 Å². The maximum absolute atomic E-state index is 5.65. The van der Waals surface area contributed by atoms with Gasteiger partial charge in [-0.1, -0.05) is 0 Å². The third-order valence-electron chi connectivity index (χ3n) is 4.96. The van der Waals surface area contributed by atoms with Gasteiger partial charge in [-0.3, -0.25) is 0 Å². The molecule has 6 rings (SSSR count). The van der Waals surface area contributed by atoms with Gasteiger partial charge in [0.25, 0.3) is 0 Å². The molecule has 0 saturated heterocycles. The van der Waals surface area contributed by atoms with Gasteiger partial charge in [0.1, 0.15) is 5.76 Å². The first-order valence-corrected chi connectivity index (χ1v) is 9.41. The Hall–Kier alpha value is -3.50. The summed E-state index contributed by atoms with van der Waals surface area (Å²) in [5.74, 6) is 0.817. The van der Waals surface area contributed by atoms with Crippen molar-refractivity contribution in [3.63, 3.8) is 0 Å². The minimum absolute atomic E-state index is 0. The van der Waals surface area contributed by atoms with Gasteiger partial charge in [-0.15, -0.1) is 0 Å². The third kappa shape index (κ3) is 3.46. The van der Waals surface area contributed by atoms with E-state index in [1.165, 1.54) is 0 Å². The van der Waals surface area contributed by atoms with Crippen molar-refractivity contribution < 1.29 is 23.9 Å². The Morgan fingerprint density at radius 3 is 2.00 bits per heavy atom. The van der Waals surface area contributed by atoms with E-state index in [9.17, 15) is 0 Å². The molecule has 0 aromatic carbocycles. The summed E-state index contributed by atoms with van der Waals surface area (Å²) >= 11 is 0. The average Bonchev–Trinajstić information content (AvgIpc) is 3.50. The van der Waals surface area contributed by atoms with Crippen molar-refractivity contribution >= 4 is 46.4 Å². The topological polar surface area (TPSA) is 70.5 Å². The molecule has 140 valence electrons. The van der Waals surface area contributed by atoms with Gasteiger partial charge in [-0.25, -0.2) is 9.97 Å². The van der Waals surface area contributed by atoms with Crippen LogP contribution in [0.4, 0.5) is 0 Å². The summed E-state index contributed by atoms with van der Waals surface area (Å²) in [7, 11) is 0. The van der Waals surface area contributed by atoms with E-state index in [0.29, 0.717) is 0 Å². The first-order chi connectivity index (χ1) is 14.3. The Bertz CT molecular complexity index is 1460. The average molecular weight is 442 g/mol. The molecule has 5 nitrogen and oxygen atoms in total. The van der Waals surface area contributed by atoms with Crippen LogP contribution in [0.15, 0.2) is 65.3 Å². The van der Waals surface area contributed by atoms with Gasteiger partial charge in [-0.2, -0.15) is 0 Å². The van der Waals surface area contributed by atoms with E-state index >= 15 is 0 Å². The molecule has 0 unspecified atom stereocenters. The minimum Gasteiger partial charge on any atom is -0.464 e. The largest absolute Gasteiger partial charge is 0.464 e. The van der Waals surface area contributed by atoms with Crippen LogP contribution in [0.5, 0.6) is 0 Å². The molecule has 4 aromatic heterocycles. The molecule has 6 heteroatoms. The van der Waals surface area contributed by atoms with Crippen LogP contribution in [0.2, 0.25) is 0 Å². The fourth-order valence-corrected chi connectivity index (χ4v) is 3.65. The fraction of sp³-hybridized carbons (Fsp3) is 0. The summed E-state index contributed by atoms with van der Waals surface area (Å²) in [6.45, 7) is 0. The maximum Gasteiger partial charge on any atom is 0.136 e. The van der Waals surface area contributed by atoms with E-state index in [2.05, 4.69) is 39.2 Å². The van der Waals surface area contributed by atoms with Crippen LogP contribution in [-0.2, 0) is 19.5 Å². The molecule has 6 heterocycles. The molecule has 0 fully saturated rings. The Morgan fingerprint density at radius 1 is 0.633 bits per heavy atom. The minimum atomic E-state index is 0. The summed E-state index contributed by atoms with van der Waals surface area (Å²) in [5, 5.41) is 0. The molecule has 30 heavy (non-hydrogen) atoms. The van der Waals surface area contributed by atoms with E-state index in [0.717, 1.165) is 56.2 Å². The molecule has 0 atom stereocenters. The fourth-order valence-electron chi connectivity index (χ4n) is 3.65. The Morgan fingerprint density at radius 2 is 1.30 bits per heavy atom. The van der Waals surface area contributed by atoms with Crippen molar-refractivity contribution in [2.45, 2.75) is 0 Å². The van der Waals surface area contributed by atoms with Gasteiger partial charge >= 0.3 is 0 Å². The molecule has 4 aromatic rings. The van der Waals surface area contributed by atoms with Crippen LogP contribution in [-0.4, -0.2) is 19.9 Å². The van der Waals surface area contributed by atoms with Crippen LogP contribution < -0.4 is 0 Å². The first kappa shape index (κ1) is 18.5. The van der Waals surface area contributed by atoms with Crippen molar-refractivity contribution in [1.82, 2.24) is 19.9 Å². The summed E-state index contributed by atoms with van der Waals surface area (Å²) < 4.78 is 5.65. The van der Waals surface area contributed by atoms with Gasteiger partial charge in [0.15, 0.2) is 0 Å². The van der Waals surface area contributed by atoms with E-state index in [1.807, 2.05) is 54.6 Å². The van der Waals surface area contributed by atoms with Crippen LogP contribution in [0.1, 0.15) is 22.8 Å². The van der Waals surface area contributed by atoms with Crippen molar-refractivity contribution in [1.29, 1.82) is 0 Å². The second-order valence-corrected chi connectivity index (χ2v) is 7.07. The number of H-pyrrole nitrogens is 2. The zero-order valence-corrected chi connectivity index (χ0v) is 19.1. The normalized spacial score (nSPS) is 12.1. The van der Waals surface area contributed by atoms with Crippen LogP contribution in [0, 0.1) is 0 Å². The van der Waals surface area contributed by atoms with Gasteiger partial charge in [0.2, 0.25) is 0 Å². The number of nitrogens with one attached hydrogen (secondary N) is 2. The number of nitrogens with zero attached hydrogens (tertiary/aromatic N) is 2. The molecule has 8 bridgehead atoms. The predicted octanol–water partition coefficient (Wildman–Crippen LogP) is 5.91. The standard InChI is InChI=1S/C24H16N4O.Zn/c1-2-24(29-9-1)22-13-21-12-19-6-5-17(26-19)10-15-3-4-16(25-15)11-18-7-8-20(27-18)14-23(22)28-21;/h1-14,26,28H;. The number of rotatable bonds is 1. The smallest absolute Gasteiger partial charge is 0.136 e. The number of furan rings is 1. The summed E-state index contributed by atoms with van der Waals surface area (Å²) in [4.78, 5) is 16.3. The zero-order valence-electron chi connectivity index (χ0n) is 16.1. The molecule has 2 N–H and O–H groups in total. The van der Waals surface area contributed by atoms with E-state index in [1.54, 1.807) is 6.26 Å². The molecule has 0 radical (unpaired) electrons. The summed E-state index contributed by atoms with van der Waals surface area (Å²) in [5.41, 5.74) is 8.52. The van der Waals surface area contributed by atoms with Crippen LogP contribution >= 0.6 is 0 Å². The van der Waals surface area contributed by atoms with E-state index in [-0.39, 0.29) is 19.5 Å². The number of hydrogen-bond donors (Lipinski definition) is 2. The molecule has 0 amide bonds. The molecule has 2 aliphatic heterocycles. The van der Waals surface area contributed by atoms with E-state index in [4.69, 9.17) is 9.40 Å². The van der Waals surface area contributed by atoms with Gasteiger partial charge in [0, 0.05) is 41.6 Å². The first-order valence-electron chi connectivity index (χ1n) is 9.41. The number of aromatic nitrogens is 4. The second kappa shape index (κ2) is 7.40. The molecule has 0 aliphatic carbocycles. The second-order valence-electron chi connectivity index (χ2n) is 7.07. The van der Waals surface area contributed by atoms with Crippen molar-refractivity contribution in [2.75, 3.05) is 0 Å². The van der Waals surface area contributed by atoms with Crippen molar-refractivity contribution in [2.24, 2.45) is 0 Å². The number of fused-ring (bicyclic) bond motifs is 8. The summed E-state index contributed by atoms with van der Waals surface area (Å²) in [6.07, 6.45) is 9.71. The Balaban J connectivity index is 0.00000193. The van der Waals surface area contributed by atoms with E-state index < -0.39 is 0 Å². The molecular weight excluding hydrogens is 426 g/mol. The number of hydrogen-bond acceptors (Lipinski definition) is 3. The maximum atomic E-state index is 5.65. The Kier molecular flexibility index (Phi) is 4.57. The zero-order chi connectivity index (χ0) is 19.2. The van der Waals surface area contributed by atoms with Gasteiger partial charge in [-0.05, 0) is 78.9 Å². The van der Waals surface area contributed by atoms with Crippen molar-refractivity contribution in [3.05, 3.63) is 83.6 Å².